The number of aryl methyl sites for hydroxylation is 1. The van der Waals surface area contributed by atoms with Gasteiger partial charge in [-0.3, -0.25) is 9.69 Å². The number of methoxy groups -OCH3 is 2. The molecule has 1 aliphatic carbocycles. The van der Waals surface area contributed by atoms with Crippen molar-refractivity contribution in [3.05, 3.63) is 72.9 Å². The molecule has 1 atom stereocenters. The zero-order chi connectivity index (χ0) is 32.8. The Balaban J connectivity index is 1.46. The Morgan fingerprint density at radius 2 is 1.61 bits per heavy atom. The van der Waals surface area contributed by atoms with Crippen molar-refractivity contribution in [1.29, 1.82) is 0 Å². The van der Waals surface area contributed by atoms with E-state index in [-0.39, 0.29) is 39.1 Å². The molecule has 2 aliphatic heterocycles. The van der Waals surface area contributed by atoms with E-state index in [1.54, 1.807) is 24.4 Å². The summed E-state index contributed by atoms with van der Waals surface area (Å²) in [5.41, 5.74) is 8.02. The van der Waals surface area contributed by atoms with Gasteiger partial charge in [0, 0.05) is 83.3 Å². The number of aromatic nitrogens is 1. The normalized spacial score (nSPS) is 20.4. The molecule has 3 heterocycles. The number of nitrogens with two attached hydrogens (primary N) is 1. The third-order valence-electron chi connectivity index (χ3n) is 9.14. The number of benzene rings is 1. The number of dihydropyridines is 1. The van der Waals surface area contributed by atoms with Gasteiger partial charge < -0.3 is 25.4 Å². The van der Waals surface area contributed by atoms with Crippen LogP contribution in [-0.4, -0.2) is 85.1 Å². The number of nitrogens with zero attached hydrogens (tertiary/aromatic N) is 3. The highest BCUT2D eigenvalue weighted by molar-refractivity contribution is 7.09. The van der Waals surface area contributed by atoms with E-state index in [2.05, 4.69) is 15.2 Å². The Kier molecular flexibility index (Phi) is 11.4. The predicted octanol–water partition coefficient (Wildman–Crippen LogP) is 4.82. The number of allylic oxidation sites excluding steroid dienone is 1. The predicted molar refractivity (Wildman–Crippen MR) is 178 cm³/mol. The number of amides is 1. The summed E-state index contributed by atoms with van der Waals surface area (Å²) in [5.74, 6) is -2.54. The molecule has 2 aromatic rings. The Bertz CT molecular complexity index is 1480. The van der Waals surface area contributed by atoms with Crippen molar-refractivity contribution >= 4 is 52.4 Å². The molecule has 13 heteroatoms. The summed E-state index contributed by atoms with van der Waals surface area (Å²) in [6.45, 7) is 3.39. The third kappa shape index (κ3) is 7.77. The standard InChI is InChI=1S/C33H41Cl2N5O5S/c1-44-31(42)28-23(9-10-25-37-13-18-46-25)38-24(29(32(43)45-2)30(28)27-21(34)7-6-8-22(27)35)19-26(41)40-16-14-39(15-17-40)20-33(36)11-4-3-5-12-33/h6-8,13,18,30,38H,3-5,9-12,14-17,19-20,36H2,1-2H3. The Labute approximate surface area is 283 Å². The number of esters is 2. The van der Waals surface area contributed by atoms with Crippen molar-refractivity contribution in [2.45, 2.75) is 62.8 Å². The van der Waals surface area contributed by atoms with Gasteiger partial charge in [-0.2, -0.15) is 0 Å². The highest BCUT2D eigenvalue weighted by atomic mass is 35.5. The second-order valence-electron chi connectivity index (χ2n) is 12.1. The molecule has 5 rings (SSSR count). The number of nitrogens with one attached hydrogen (secondary N) is 1. The van der Waals surface area contributed by atoms with Crippen LogP contribution in [0.2, 0.25) is 10.0 Å². The summed E-state index contributed by atoms with van der Waals surface area (Å²) >= 11 is 14.9. The van der Waals surface area contributed by atoms with Crippen LogP contribution in [0.4, 0.5) is 0 Å². The van der Waals surface area contributed by atoms with Crippen molar-refractivity contribution in [3.63, 3.8) is 0 Å². The average Bonchev–Trinajstić information content (AvgIpc) is 3.57. The zero-order valence-electron chi connectivity index (χ0n) is 26.3. The molecular weight excluding hydrogens is 649 g/mol. The van der Waals surface area contributed by atoms with Gasteiger partial charge in [0.05, 0.1) is 42.7 Å². The van der Waals surface area contributed by atoms with Gasteiger partial charge in [0.2, 0.25) is 5.91 Å². The second-order valence-corrected chi connectivity index (χ2v) is 13.9. The lowest BCUT2D eigenvalue weighted by molar-refractivity contribution is -0.137. The van der Waals surface area contributed by atoms with Gasteiger partial charge in [-0.15, -0.1) is 11.3 Å². The first-order chi connectivity index (χ1) is 22.1. The molecule has 10 nitrogen and oxygen atoms in total. The van der Waals surface area contributed by atoms with Gasteiger partial charge in [-0.25, -0.2) is 14.6 Å². The first kappa shape index (κ1) is 34.4. The van der Waals surface area contributed by atoms with E-state index in [1.807, 2.05) is 10.3 Å². The first-order valence-electron chi connectivity index (χ1n) is 15.6. The molecule has 1 unspecified atom stereocenters. The maximum absolute atomic E-state index is 13.9. The summed E-state index contributed by atoms with van der Waals surface area (Å²) < 4.78 is 10.5. The number of halogens is 2. The number of ether oxygens (including phenoxy) is 2. The number of carbonyl (C=O) groups is 3. The van der Waals surface area contributed by atoms with Crippen LogP contribution in [0, 0.1) is 0 Å². The number of hydrogen-bond donors (Lipinski definition) is 2. The molecule has 3 aliphatic rings. The molecule has 0 radical (unpaired) electrons. The summed E-state index contributed by atoms with van der Waals surface area (Å²) in [5, 5.41) is 6.58. The van der Waals surface area contributed by atoms with Crippen LogP contribution in [0.3, 0.4) is 0 Å². The summed E-state index contributed by atoms with van der Waals surface area (Å²) in [7, 11) is 2.54. The monoisotopic (exact) mass is 689 g/mol. The maximum atomic E-state index is 13.9. The van der Waals surface area contributed by atoms with Gasteiger partial charge in [-0.05, 0) is 31.4 Å². The maximum Gasteiger partial charge on any atom is 0.336 e. The van der Waals surface area contributed by atoms with Crippen molar-refractivity contribution in [2.24, 2.45) is 5.73 Å². The van der Waals surface area contributed by atoms with Crippen LogP contribution in [0.5, 0.6) is 0 Å². The third-order valence-corrected chi connectivity index (χ3v) is 10.6. The van der Waals surface area contributed by atoms with Crippen LogP contribution >= 0.6 is 34.5 Å². The molecule has 46 heavy (non-hydrogen) atoms. The van der Waals surface area contributed by atoms with Crippen LogP contribution in [0.25, 0.3) is 0 Å². The number of rotatable bonds is 10. The molecular formula is C33H41Cl2N5O5S. The van der Waals surface area contributed by atoms with Crippen molar-refractivity contribution in [3.8, 4) is 0 Å². The van der Waals surface area contributed by atoms with Crippen molar-refractivity contribution in [2.75, 3.05) is 46.9 Å². The molecule has 1 amide bonds. The topological polar surface area (TPSA) is 127 Å². The molecule has 248 valence electrons. The fourth-order valence-electron chi connectivity index (χ4n) is 6.81. The van der Waals surface area contributed by atoms with E-state index in [1.165, 1.54) is 32.0 Å². The molecule has 1 aromatic carbocycles. The average molecular weight is 691 g/mol. The van der Waals surface area contributed by atoms with Gasteiger partial charge >= 0.3 is 11.9 Å². The van der Waals surface area contributed by atoms with Crippen LogP contribution in [0.15, 0.2) is 52.3 Å². The van der Waals surface area contributed by atoms with Crippen molar-refractivity contribution in [1.82, 2.24) is 20.1 Å². The number of thiazole rings is 1. The van der Waals surface area contributed by atoms with E-state index in [0.717, 1.165) is 50.3 Å². The van der Waals surface area contributed by atoms with Gasteiger partial charge in [-0.1, -0.05) is 48.5 Å². The lowest BCUT2D eigenvalue weighted by Gasteiger charge is -2.42. The van der Waals surface area contributed by atoms with Gasteiger partial charge in [0.25, 0.3) is 0 Å². The fourth-order valence-corrected chi connectivity index (χ4v) is 8.05. The Hall–Kier alpha value is -2.96. The van der Waals surface area contributed by atoms with Gasteiger partial charge in [0.1, 0.15) is 0 Å². The molecule has 3 N–H and O–H groups in total. The second kappa shape index (κ2) is 15.3. The molecule has 0 spiro atoms. The van der Waals surface area contributed by atoms with E-state index < -0.39 is 17.9 Å². The number of hydrogen-bond acceptors (Lipinski definition) is 10. The van der Waals surface area contributed by atoms with Crippen LogP contribution in [0.1, 0.15) is 61.4 Å². The van der Waals surface area contributed by atoms with Crippen LogP contribution < -0.4 is 11.1 Å². The summed E-state index contributed by atoms with van der Waals surface area (Å²) in [4.78, 5) is 49.5. The van der Waals surface area contributed by atoms with E-state index in [0.29, 0.717) is 42.9 Å². The molecule has 0 bridgehead atoms. The smallest absolute Gasteiger partial charge is 0.336 e. The Morgan fingerprint density at radius 1 is 0.978 bits per heavy atom. The van der Waals surface area contributed by atoms with Gasteiger partial charge in [0.15, 0.2) is 0 Å². The zero-order valence-corrected chi connectivity index (χ0v) is 28.6. The molecule has 2 fully saturated rings. The number of carbonyl (C=O) groups excluding carboxylic acids is 3. The fraction of sp³-hybridized carbons (Fsp3) is 0.515. The lowest BCUT2D eigenvalue weighted by Crippen LogP contribution is -2.56. The summed E-state index contributed by atoms with van der Waals surface area (Å²) in [6, 6.07) is 4.98. The molecule has 1 saturated carbocycles. The quantitative estimate of drug-likeness (QED) is 0.338. The highest BCUT2D eigenvalue weighted by Crippen LogP contribution is 2.46. The largest absolute Gasteiger partial charge is 0.466 e. The van der Waals surface area contributed by atoms with E-state index >= 15 is 0 Å². The molecule has 1 saturated heterocycles. The lowest BCUT2D eigenvalue weighted by atomic mass is 9.78. The van der Waals surface area contributed by atoms with E-state index in [4.69, 9.17) is 38.4 Å². The summed E-state index contributed by atoms with van der Waals surface area (Å²) in [6.07, 6.45) is 8.12. The minimum atomic E-state index is -1.04. The highest BCUT2D eigenvalue weighted by Gasteiger charge is 2.42. The Morgan fingerprint density at radius 3 is 2.20 bits per heavy atom. The first-order valence-corrected chi connectivity index (χ1v) is 17.3. The van der Waals surface area contributed by atoms with Crippen LogP contribution in [-0.2, 0) is 30.3 Å². The minimum absolute atomic E-state index is 0.0882. The van der Waals surface area contributed by atoms with Crippen molar-refractivity contribution < 1.29 is 23.9 Å². The minimum Gasteiger partial charge on any atom is -0.466 e. The number of piperazine rings is 1. The SMILES string of the molecule is COC(=O)C1=C(CCc2nccs2)NC(CC(=O)N2CCN(CC3(N)CCCCC3)CC2)=C(C(=O)OC)C1c1c(Cl)cccc1Cl. The van der Waals surface area contributed by atoms with E-state index in [9.17, 15) is 14.4 Å². The molecule has 1 aromatic heterocycles.